The molecule has 2 saturated heterocycles. The third-order valence-corrected chi connectivity index (χ3v) is 7.25. The zero-order chi connectivity index (χ0) is 27.1. The van der Waals surface area contributed by atoms with E-state index < -0.39 is 80.1 Å². The predicted molar refractivity (Wildman–Crippen MR) is 126 cm³/mol. The van der Waals surface area contributed by atoms with E-state index in [2.05, 4.69) is 9.97 Å². The lowest BCUT2D eigenvalue weighted by atomic mass is 10.2. The zero-order valence-corrected chi connectivity index (χ0v) is 20.8. The van der Waals surface area contributed by atoms with Crippen molar-refractivity contribution in [3.8, 4) is 0 Å². The number of aromatic nitrogens is 4. The van der Waals surface area contributed by atoms with Crippen molar-refractivity contribution in [3.05, 3.63) is 65.2 Å². The molecule has 0 saturated carbocycles. The average molecular weight is 540 g/mol. The molecule has 4 heterocycles. The van der Waals surface area contributed by atoms with Crippen LogP contribution in [-0.2, 0) is 23.1 Å². The molecule has 2 radical (unpaired) electrons. The maximum Gasteiger partial charge on any atom is 0.330 e. The van der Waals surface area contributed by atoms with Crippen LogP contribution < -0.4 is 22.5 Å². The Morgan fingerprint density at radius 3 is 2.05 bits per heavy atom. The Hall–Kier alpha value is -2.59. The normalized spacial score (nSPS) is 29.4. The van der Waals surface area contributed by atoms with Crippen molar-refractivity contribution in [1.29, 1.82) is 0 Å². The Morgan fingerprint density at radius 2 is 1.51 bits per heavy atom. The van der Waals surface area contributed by atoms with Gasteiger partial charge in [0, 0.05) is 36.4 Å². The van der Waals surface area contributed by atoms with Crippen molar-refractivity contribution in [2.75, 3.05) is 13.2 Å². The minimum atomic E-state index is -4.28. The van der Waals surface area contributed by atoms with Gasteiger partial charge in [-0.1, -0.05) is 0 Å². The number of aliphatic hydroxyl groups excluding tert-OH is 2. The molecule has 2 unspecified atom stereocenters. The smallest absolute Gasteiger partial charge is 0.330 e. The van der Waals surface area contributed by atoms with Crippen LogP contribution in [0.4, 0.5) is 0 Å². The summed E-state index contributed by atoms with van der Waals surface area (Å²) >= 11 is 0. The van der Waals surface area contributed by atoms with Crippen LogP contribution in [0, 0.1) is 13.8 Å². The van der Waals surface area contributed by atoms with Crippen molar-refractivity contribution in [2.24, 2.45) is 0 Å². The first kappa shape index (κ1) is 27.4. The van der Waals surface area contributed by atoms with Crippen LogP contribution >= 0.6 is 7.47 Å². The second-order valence-corrected chi connectivity index (χ2v) is 10.5. The number of hydrogen-bond acceptors (Lipinski definition) is 11. The number of hydrogen-bond donors (Lipinski definition) is 4. The summed E-state index contributed by atoms with van der Waals surface area (Å²) in [4.78, 5) is 51.8. The van der Waals surface area contributed by atoms with Gasteiger partial charge in [0.05, 0.1) is 25.4 Å². The lowest BCUT2D eigenvalue weighted by molar-refractivity contribution is -0.0512. The maximum atomic E-state index is 12.8. The van der Waals surface area contributed by atoms with Crippen LogP contribution in [-0.4, -0.2) is 74.5 Å². The van der Waals surface area contributed by atoms with Crippen molar-refractivity contribution < 1.29 is 33.3 Å². The number of H-pyrrole nitrogens is 2. The zero-order valence-electron chi connectivity index (χ0n) is 19.9. The minimum absolute atomic E-state index is 0.00673. The first-order chi connectivity index (χ1) is 17.4. The molecular weight excluding hydrogens is 514 g/mol. The quantitative estimate of drug-likeness (QED) is 0.220. The van der Waals surface area contributed by atoms with Crippen molar-refractivity contribution in [2.45, 2.75) is 63.6 Å². The Kier molecular flexibility index (Phi) is 7.90. The first-order valence-corrected chi connectivity index (χ1v) is 12.9. The number of nitrogens with one attached hydrogen (secondary N) is 2. The van der Waals surface area contributed by atoms with E-state index in [4.69, 9.17) is 26.1 Å². The average Bonchev–Trinajstić information content (AvgIpc) is 3.39. The summed E-state index contributed by atoms with van der Waals surface area (Å²) in [5.41, 5.74) is -2.01. The van der Waals surface area contributed by atoms with E-state index in [-0.39, 0.29) is 24.0 Å². The topological polar surface area (TPSA) is 204 Å². The first-order valence-electron chi connectivity index (χ1n) is 11.3. The van der Waals surface area contributed by atoms with Gasteiger partial charge in [-0.2, -0.15) is 0 Å². The van der Waals surface area contributed by atoms with Crippen LogP contribution in [0.1, 0.15) is 36.4 Å². The highest BCUT2D eigenvalue weighted by atomic mass is 31.2. The fourth-order valence-electron chi connectivity index (χ4n) is 4.18. The van der Waals surface area contributed by atoms with Gasteiger partial charge in [0.1, 0.15) is 24.7 Å². The van der Waals surface area contributed by atoms with E-state index >= 15 is 0 Å². The summed E-state index contributed by atoms with van der Waals surface area (Å²) < 4.78 is 37.0. The molecule has 200 valence electrons. The molecule has 7 atom stereocenters. The number of ether oxygens (including phenoxy) is 2. The van der Waals surface area contributed by atoms with Crippen LogP contribution in [0.25, 0.3) is 0 Å². The van der Waals surface area contributed by atoms with E-state index in [1.165, 1.54) is 26.2 Å². The van der Waals surface area contributed by atoms with E-state index in [1.807, 2.05) is 0 Å². The van der Waals surface area contributed by atoms with Gasteiger partial charge in [-0.05, 0) is 13.8 Å². The molecule has 2 fully saturated rings. The molecule has 4 rings (SSSR count). The molecule has 2 aliphatic heterocycles. The van der Waals surface area contributed by atoms with Gasteiger partial charge >= 0.3 is 11.4 Å². The highest BCUT2D eigenvalue weighted by Crippen LogP contribution is 2.48. The maximum absolute atomic E-state index is 12.8. The number of aryl methyl sites for hydroxylation is 2. The molecular formula is C20H26BN4O11P. The lowest BCUT2D eigenvalue weighted by Crippen LogP contribution is -2.33. The van der Waals surface area contributed by atoms with Crippen molar-refractivity contribution in [3.63, 3.8) is 0 Å². The number of nitrogens with zero attached hydrogens (tertiary/aromatic N) is 2. The molecule has 17 heteroatoms. The molecule has 0 amide bonds. The molecule has 2 aromatic rings. The van der Waals surface area contributed by atoms with Gasteiger partial charge < -0.3 is 28.7 Å². The third-order valence-electron chi connectivity index (χ3n) is 6.18. The number of rotatable bonds is 8. The highest BCUT2D eigenvalue weighted by Gasteiger charge is 2.42. The predicted octanol–water partition coefficient (Wildman–Crippen LogP) is -1.69. The Labute approximate surface area is 209 Å². The molecule has 0 aromatic carbocycles. The van der Waals surface area contributed by atoms with Gasteiger partial charge in [-0.3, -0.25) is 33.3 Å². The van der Waals surface area contributed by atoms with Gasteiger partial charge in [-0.25, -0.2) is 9.59 Å². The van der Waals surface area contributed by atoms with Crippen LogP contribution in [0.15, 0.2) is 31.6 Å². The highest BCUT2D eigenvalue weighted by molar-refractivity contribution is 7.79. The van der Waals surface area contributed by atoms with Crippen molar-refractivity contribution >= 4 is 15.0 Å². The summed E-state index contributed by atoms with van der Waals surface area (Å²) in [5.74, 6) is 0. The second-order valence-electron chi connectivity index (χ2n) is 8.92. The van der Waals surface area contributed by atoms with E-state index in [0.29, 0.717) is 0 Å². The number of aromatic amines is 2. The summed E-state index contributed by atoms with van der Waals surface area (Å²) in [6.45, 7) is 2.01. The molecule has 0 aliphatic carbocycles. The largest absolute Gasteiger partial charge is 0.394 e. The fraction of sp³-hybridized carbons (Fsp3) is 0.600. The molecule has 0 bridgehead atoms. The second kappa shape index (κ2) is 10.7. The summed E-state index contributed by atoms with van der Waals surface area (Å²) in [6, 6.07) is 0. The third kappa shape index (κ3) is 5.96. The van der Waals surface area contributed by atoms with E-state index in [1.54, 1.807) is 0 Å². The molecule has 0 spiro atoms. The van der Waals surface area contributed by atoms with E-state index in [0.717, 1.165) is 9.13 Å². The summed E-state index contributed by atoms with van der Waals surface area (Å²) in [7, 11) is 1.45. The van der Waals surface area contributed by atoms with Gasteiger partial charge in [0.2, 0.25) is 7.57 Å². The molecule has 2 aromatic heterocycles. The summed E-state index contributed by atoms with van der Waals surface area (Å²) in [6.07, 6.45) is -3.46. The lowest BCUT2D eigenvalue weighted by Gasteiger charge is -2.24. The summed E-state index contributed by atoms with van der Waals surface area (Å²) in [5, 5.41) is 20.0. The molecule has 2 aliphatic rings. The molecule has 15 nitrogen and oxygen atoms in total. The molecule has 37 heavy (non-hydrogen) atoms. The van der Waals surface area contributed by atoms with Crippen LogP contribution in [0.3, 0.4) is 0 Å². The standard InChI is InChI=1S/C20H26BN4O11P/c1-9-5-24(19(30)22-17(9)28)15-3-11(27)14(35-15)8-33-37(21,32)36-12-4-16(34-13(12)7-26)25-6-10(2)18(29)23-20(25)31/h5-6,11-16,26-27H,3-4,7-8H2,1-2H3,(H,22,28,30)(H,23,29,31)/t11-,12-,13+,14+,15+,16?,37?/m0/s1. The monoisotopic (exact) mass is 540 g/mol. The molecule has 4 N–H and O–H groups in total. The Balaban J connectivity index is 1.39. The van der Waals surface area contributed by atoms with Crippen LogP contribution in [0.2, 0.25) is 0 Å². The Morgan fingerprint density at radius 1 is 1.00 bits per heavy atom. The van der Waals surface area contributed by atoms with E-state index in [9.17, 15) is 34.0 Å². The van der Waals surface area contributed by atoms with Gasteiger partial charge in [-0.15, -0.1) is 0 Å². The minimum Gasteiger partial charge on any atom is -0.394 e. The Bertz CT molecular complexity index is 1430. The van der Waals surface area contributed by atoms with Crippen LogP contribution in [0.5, 0.6) is 0 Å². The fourth-order valence-corrected chi connectivity index (χ4v) is 5.19. The van der Waals surface area contributed by atoms with Gasteiger partial charge in [0.25, 0.3) is 18.6 Å². The number of aliphatic hydroxyl groups is 2. The van der Waals surface area contributed by atoms with Gasteiger partial charge in [0.15, 0.2) is 0 Å². The SMILES string of the molecule is [B]P(=O)(OC[C@H]1O[C@@H](n2cc(C)c(=O)[nH]c2=O)C[C@@H]1O)O[C@H]1CC(n2cc(C)c(=O)[nH]c2=O)O[C@@H]1CO. The van der Waals surface area contributed by atoms with Crippen molar-refractivity contribution in [1.82, 2.24) is 19.1 Å².